The lowest BCUT2D eigenvalue weighted by Gasteiger charge is -2.35. The third kappa shape index (κ3) is 4.49. The highest BCUT2D eigenvalue weighted by Gasteiger charge is 2.31. The predicted octanol–water partition coefficient (Wildman–Crippen LogP) is 2.60. The Balaban J connectivity index is 1.50. The van der Waals surface area contributed by atoms with E-state index in [1.807, 2.05) is 0 Å². The number of hydrogen-bond acceptors (Lipinski definition) is 5. The number of nitrogens with zero attached hydrogens (tertiary/aromatic N) is 4. The molecule has 1 unspecified atom stereocenters. The second kappa shape index (κ2) is 9.18. The topological polar surface area (TPSA) is 67.7 Å². The number of hydrogen-bond donors (Lipinski definition) is 0. The summed E-state index contributed by atoms with van der Waals surface area (Å²) in [6, 6.07) is 6.05. The number of carbonyl (C=O) groups is 2. The van der Waals surface area contributed by atoms with Crippen molar-refractivity contribution in [1.82, 2.24) is 19.6 Å². The second-order valence-corrected chi connectivity index (χ2v) is 8.18. The molecule has 1 fully saturated rings. The minimum absolute atomic E-state index is 0.170. The molecular formula is C23H29FN4O3. The molecule has 0 N–H and O–H groups in total. The SMILES string of the molecule is CCN1CCN(C(=O)C(C)OC(=O)c2nn(-c3ccc(F)cc3)c3c2CCCC3)CC1. The van der Waals surface area contributed by atoms with Crippen LogP contribution < -0.4 is 0 Å². The van der Waals surface area contributed by atoms with E-state index in [1.165, 1.54) is 12.1 Å². The number of carbonyl (C=O) groups excluding carboxylic acids is 2. The monoisotopic (exact) mass is 428 g/mol. The largest absolute Gasteiger partial charge is 0.448 e. The van der Waals surface area contributed by atoms with Gasteiger partial charge in [0.15, 0.2) is 11.8 Å². The summed E-state index contributed by atoms with van der Waals surface area (Å²) in [5.74, 6) is -1.07. The smallest absolute Gasteiger partial charge is 0.359 e. The molecule has 0 spiro atoms. The fourth-order valence-corrected chi connectivity index (χ4v) is 4.37. The van der Waals surface area contributed by atoms with Crippen LogP contribution in [0.5, 0.6) is 0 Å². The fourth-order valence-electron chi connectivity index (χ4n) is 4.37. The van der Waals surface area contributed by atoms with Crippen LogP contribution in [0.4, 0.5) is 4.39 Å². The lowest BCUT2D eigenvalue weighted by molar-refractivity contribution is -0.141. The van der Waals surface area contributed by atoms with E-state index >= 15 is 0 Å². The zero-order chi connectivity index (χ0) is 22.0. The van der Waals surface area contributed by atoms with Crippen LogP contribution >= 0.6 is 0 Å². The van der Waals surface area contributed by atoms with Crippen LogP contribution in [0.2, 0.25) is 0 Å². The molecule has 1 aromatic carbocycles. The van der Waals surface area contributed by atoms with E-state index in [2.05, 4.69) is 16.9 Å². The minimum Gasteiger partial charge on any atom is -0.448 e. The molecule has 31 heavy (non-hydrogen) atoms. The fraction of sp³-hybridized carbons (Fsp3) is 0.522. The zero-order valence-electron chi connectivity index (χ0n) is 18.1. The van der Waals surface area contributed by atoms with Crippen molar-refractivity contribution in [2.75, 3.05) is 32.7 Å². The number of amides is 1. The maximum atomic E-state index is 13.3. The van der Waals surface area contributed by atoms with Gasteiger partial charge in [-0.2, -0.15) is 5.10 Å². The molecule has 0 radical (unpaired) electrons. The number of fused-ring (bicyclic) bond motifs is 1. The molecule has 1 aliphatic carbocycles. The molecule has 1 aliphatic heterocycles. The Bertz CT molecular complexity index is 948. The van der Waals surface area contributed by atoms with E-state index in [1.54, 1.807) is 28.6 Å². The molecule has 1 aromatic heterocycles. The number of rotatable bonds is 5. The number of halogens is 1. The third-order valence-corrected chi connectivity index (χ3v) is 6.21. The van der Waals surface area contributed by atoms with Crippen LogP contribution in [0.15, 0.2) is 24.3 Å². The molecular weight excluding hydrogens is 399 g/mol. The Labute approximate surface area is 181 Å². The van der Waals surface area contributed by atoms with Crippen molar-refractivity contribution in [3.8, 4) is 5.69 Å². The first-order chi connectivity index (χ1) is 15.0. The first kappa shape index (κ1) is 21.5. The van der Waals surface area contributed by atoms with Crippen molar-refractivity contribution < 1.29 is 18.7 Å². The molecule has 7 nitrogen and oxygen atoms in total. The highest BCUT2D eigenvalue weighted by molar-refractivity contribution is 5.92. The van der Waals surface area contributed by atoms with Crippen molar-refractivity contribution in [2.45, 2.75) is 45.6 Å². The van der Waals surface area contributed by atoms with Gasteiger partial charge in [-0.15, -0.1) is 0 Å². The molecule has 0 bridgehead atoms. The van der Waals surface area contributed by atoms with Gasteiger partial charge in [-0.05, 0) is 63.4 Å². The standard InChI is InChI=1S/C23H29FN4O3/c1-3-26-12-14-27(15-13-26)22(29)16(2)31-23(30)21-19-6-4-5-7-20(19)28(25-21)18-10-8-17(24)9-11-18/h8-11,16H,3-7,12-15H2,1-2H3. The van der Waals surface area contributed by atoms with Gasteiger partial charge in [0.2, 0.25) is 0 Å². The zero-order valence-corrected chi connectivity index (χ0v) is 18.1. The van der Waals surface area contributed by atoms with Gasteiger partial charge in [-0.3, -0.25) is 4.79 Å². The Morgan fingerprint density at radius 1 is 1.10 bits per heavy atom. The molecule has 2 aromatic rings. The number of piperazine rings is 1. The Hall–Kier alpha value is -2.74. The number of esters is 1. The quantitative estimate of drug-likeness (QED) is 0.685. The summed E-state index contributed by atoms with van der Waals surface area (Å²) in [5.41, 5.74) is 2.79. The summed E-state index contributed by atoms with van der Waals surface area (Å²) in [5, 5.41) is 4.53. The van der Waals surface area contributed by atoms with Crippen LogP contribution in [-0.4, -0.2) is 70.3 Å². The molecule has 4 rings (SSSR count). The van der Waals surface area contributed by atoms with E-state index in [9.17, 15) is 14.0 Å². The normalized spacial score (nSPS) is 17.8. The van der Waals surface area contributed by atoms with Crippen molar-refractivity contribution in [2.24, 2.45) is 0 Å². The first-order valence-corrected chi connectivity index (χ1v) is 11.1. The lowest BCUT2D eigenvalue weighted by Crippen LogP contribution is -2.51. The second-order valence-electron chi connectivity index (χ2n) is 8.18. The number of likely N-dealkylation sites (N-methyl/N-ethyl adjacent to an activating group) is 1. The van der Waals surface area contributed by atoms with Gasteiger partial charge in [0, 0.05) is 37.4 Å². The highest BCUT2D eigenvalue weighted by Crippen LogP contribution is 2.28. The molecule has 1 amide bonds. The summed E-state index contributed by atoms with van der Waals surface area (Å²) in [7, 11) is 0. The third-order valence-electron chi connectivity index (χ3n) is 6.21. The van der Waals surface area contributed by atoms with E-state index in [-0.39, 0.29) is 17.4 Å². The van der Waals surface area contributed by atoms with Gasteiger partial charge in [0.05, 0.1) is 5.69 Å². The lowest BCUT2D eigenvalue weighted by atomic mass is 9.95. The highest BCUT2D eigenvalue weighted by atomic mass is 19.1. The molecule has 1 atom stereocenters. The van der Waals surface area contributed by atoms with Crippen LogP contribution in [0, 0.1) is 5.82 Å². The van der Waals surface area contributed by atoms with Crippen LogP contribution in [0.3, 0.4) is 0 Å². The Morgan fingerprint density at radius 2 is 1.77 bits per heavy atom. The van der Waals surface area contributed by atoms with Gasteiger partial charge in [0.1, 0.15) is 5.82 Å². The first-order valence-electron chi connectivity index (χ1n) is 11.1. The van der Waals surface area contributed by atoms with E-state index in [4.69, 9.17) is 4.74 Å². The maximum Gasteiger partial charge on any atom is 0.359 e. The molecule has 166 valence electrons. The number of aromatic nitrogens is 2. The van der Waals surface area contributed by atoms with Crippen LogP contribution in [-0.2, 0) is 22.4 Å². The average molecular weight is 429 g/mol. The Kier molecular flexibility index (Phi) is 6.36. The van der Waals surface area contributed by atoms with Gasteiger partial charge >= 0.3 is 5.97 Å². The predicted molar refractivity (Wildman–Crippen MR) is 114 cm³/mol. The van der Waals surface area contributed by atoms with E-state index in [0.29, 0.717) is 18.8 Å². The molecule has 0 saturated carbocycles. The minimum atomic E-state index is -0.865. The van der Waals surface area contributed by atoms with Crippen molar-refractivity contribution in [1.29, 1.82) is 0 Å². The van der Waals surface area contributed by atoms with Crippen molar-refractivity contribution in [3.05, 3.63) is 47.0 Å². The molecule has 1 saturated heterocycles. The molecule has 2 heterocycles. The van der Waals surface area contributed by atoms with Gasteiger partial charge in [-0.25, -0.2) is 13.9 Å². The average Bonchev–Trinajstić information content (AvgIpc) is 3.19. The number of ether oxygens (including phenoxy) is 1. The summed E-state index contributed by atoms with van der Waals surface area (Å²) < 4.78 is 20.6. The summed E-state index contributed by atoms with van der Waals surface area (Å²) in [6.07, 6.45) is 2.65. The van der Waals surface area contributed by atoms with E-state index in [0.717, 1.165) is 56.6 Å². The van der Waals surface area contributed by atoms with Gasteiger partial charge < -0.3 is 14.5 Å². The van der Waals surface area contributed by atoms with Gasteiger partial charge in [0.25, 0.3) is 5.91 Å². The summed E-state index contributed by atoms with van der Waals surface area (Å²) in [4.78, 5) is 29.8. The summed E-state index contributed by atoms with van der Waals surface area (Å²) in [6.45, 7) is 7.64. The maximum absolute atomic E-state index is 13.3. The van der Waals surface area contributed by atoms with Crippen molar-refractivity contribution in [3.63, 3.8) is 0 Å². The van der Waals surface area contributed by atoms with Crippen molar-refractivity contribution >= 4 is 11.9 Å². The summed E-state index contributed by atoms with van der Waals surface area (Å²) >= 11 is 0. The van der Waals surface area contributed by atoms with Gasteiger partial charge in [-0.1, -0.05) is 6.92 Å². The molecule has 8 heteroatoms. The number of benzene rings is 1. The van der Waals surface area contributed by atoms with Crippen LogP contribution in [0.1, 0.15) is 48.4 Å². The van der Waals surface area contributed by atoms with Crippen LogP contribution in [0.25, 0.3) is 5.69 Å². The Morgan fingerprint density at radius 3 is 2.45 bits per heavy atom. The van der Waals surface area contributed by atoms with E-state index < -0.39 is 12.1 Å². The molecule has 2 aliphatic rings.